The van der Waals surface area contributed by atoms with Gasteiger partial charge in [0, 0.05) is 18.1 Å². The molecule has 0 fully saturated rings. The Balaban J connectivity index is 2.23. The molecular formula is C26H29F2NO6. The Hall–Kier alpha value is -3.72. The summed E-state index contributed by atoms with van der Waals surface area (Å²) in [6.45, 7) is 5.52. The second kappa shape index (κ2) is 13.9. The van der Waals surface area contributed by atoms with Gasteiger partial charge in [0.1, 0.15) is 30.1 Å². The van der Waals surface area contributed by atoms with Crippen LogP contribution in [0.4, 0.5) is 19.3 Å². The van der Waals surface area contributed by atoms with Gasteiger partial charge in [-0.2, -0.15) is 0 Å². The summed E-state index contributed by atoms with van der Waals surface area (Å²) in [5, 5.41) is 11.2. The molecule has 0 saturated carbocycles. The molecule has 0 aliphatic heterocycles. The predicted octanol–water partition coefficient (Wildman–Crippen LogP) is 5.33. The Morgan fingerprint density at radius 1 is 1.14 bits per heavy atom. The number of halogens is 2. The Morgan fingerprint density at radius 2 is 1.86 bits per heavy atom. The van der Waals surface area contributed by atoms with E-state index in [0.717, 1.165) is 12.1 Å². The van der Waals surface area contributed by atoms with Gasteiger partial charge in [-0.05, 0) is 49.2 Å². The maximum absolute atomic E-state index is 13.9. The number of carbonyl (C=O) groups excluding carboxylic acids is 2. The number of hydrogen-bond acceptors (Lipinski definition) is 6. The van der Waals surface area contributed by atoms with Crippen molar-refractivity contribution >= 4 is 17.7 Å². The van der Waals surface area contributed by atoms with Crippen LogP contribution >= 0.6 is 0 Å². The van der Waals surface area contributed by atoms with Crippen LogP contribution in [0, 0.1) is 17.6 Å². The molecule has 0 spiro atoms. The number of amides is 1. The van der Waals surface area contributed by atoms with E-state index < -0.39 is 29.8 Å². The number of anilines is 1. The van der Waals surface area contributed by atoms with E-state index in [0.29, 0.717) is 23.0 Å². The van der Waals surface area contributed by atoms with Crippen molar-refractivity contribution in [1.82, 2.24) is 0 Å². The van der Waals surface area contributed by atoms with E-state index in [1.54, 1.807) is 57.2 Å². The molecule has 0 radical (unpaired) electrons. The number of carbonyl (C=O) groups is 2. The molecule has 0 heterocycles. The quantitative estimate of drug-likeness (QED) is 0.252. The zero-order chi connectivity index (χ0) is 25.8. The van der Waals surface area contributed by atoms with E-state index in [-0.39, 0.29) is 31.4 Å². The van der Waals surface area contributed by atoms with Crippen LogP contribution < -0.4 is 10.1 Å². The van der Waals surface area contributed by atoms with E-state index in [4.69, 9.17) is 19.3 Å². The predicted molar refractivity (Wildman–Crippen MR) is 127 cm³/mol. The second-order valence-corrected chi connectivity index (χ2v) is 7.57. The normalized spacial score (nSPS) is 13.3. The average molecular weight is 490 g/mol. The SMILES string of the molecule is CCOC(=O)/C=C(C)/C=C/[C@@H](C)[C@H](OC(=O)Nc1ccc(F)cc1F)c1ccc(OCCO)cc1. The monoisotopic (exact) mass is 489 g/mol. The third-order valence-electron chi connectivity index (χ3n) is 4.74. The minimum Gasteiger partial charge on any atom is -0.491 e. The van der Waals surface area contributed by atoms with Gasteiger partial charge in [-0.3, -0.25) is 5.32 Å². The van der Waals surface area contributed by atoms with Gasteiger partial charge in [-0.15, -0.1) is 0 Å². The number of esters is 1. The molecule has 2 aromatic carbocycles. The maximum atomic E-state index is 13.9. The second-order valence-electron chi connectivity index (χ2n) is 7.57. The summed E-state index contributed by atoms with van der Waals surface area (Å²) in [5.41, 5.74) is 1.04. The molecule has 1 amide bonds. The van der Waals surface area contributed by atoms with Crippen LogP contribution in [0.3, 0.4) is 0 Å². The number of aliphatic hydroxyl groups excluding tert-OH is 1. The van der Waals surface area contributed by atoms with Gasteiger partial charge < -0.3 is 19.3 Å². The third-order valence-corrected chi connectivity index (χ3v) is 4.74. The van der Waals surface area contributed by atoms with Crippen LogP contribution in [0.5, 0.6) is 5.75 Å². The number of benzene rings is 2. The van der Waals surface area contributed by atoms with E-state index >= 15 is 0 Å². The first kappa shape index (κ1) is 27.5. The Bertz CT molecular complexity index is 1050. The van der Waals surface area contributed by atoms with Crippen LogP contribution in [-0.4, -0.2) is 37.0 Å². The molecule has 188 valence electrons. The highest BCUT2D eigenvalue weighted by atomic mass is 19.1. The van der Waals surface area contributed by atoms with Gasteiger partial charge in [-0.25, -0.2) is 18.4 Å². The summed E-state index contributed by atoms with van der Waals surface area (Å²) in [7, 11) is 0. The molecule has 2 aromatic rings. The summed E-state index contributed by atoms with van der Waals surface area (Å²) in [6, 6.07) is 9.51. The minimum atomic E-state index is -0.934. The number of hydrogen-bond donors (Lipinski definition) is 2. The number of allylic oxidation sites excluding steroid dienone is 2. The van der Waals surface area contributed by atoms with Crippen LogP contribution in [0.2, 0.25) is 0 Å². The van der Waals surface area contributed by atoms with Crippen molar-refractivity contribution in [2.24, 2.45) is 5.92 Å². The Morgan fingerprint density at radius 3 is 2.49 bits per heavy atom. The van der Waals surface area contributed by atoms with Crippen LogP contribution in [-0.2, 0) is 14.3 Å². The van der Waals surface area contributed by atoms with Gasteiger partial charge in [0.15, 0.2) is 0 Å². The highest BCUT2D eigenvalue weighted by molar-refractivity contribution is 5.85. The minimum absolute atomic E-state index is 0.131. The molecule has 2 N–H and O–H groups in total. The van der Waals surface area contributed by atoms with Crippen LogP contribution in [0.1, 0.15) is 32.4 Å². The molecule has 9 heteroatoms. The van der Waals surface area contributed by atoms with Crippen molar-refractivity contribution in [1.29, 1.82) is 0 Å². The third kappa shape index (κ3) is 9.21. The maximum Gasteiger partial charge on any atom is 0.412 e. The van der Waals surface area contributed by atoms with E-state index in [9.17, 15) is 18.4 Å². The standard InChI is InChI=1S/C26H29F2NO6/c1-4-33-24(31)15-17(2)5-6-18(3)25(19-7-10-21(11-8-19)34-14-13-30)35-26(32)29-23-12-9-20(27)16-22(23)28/h5-12,15-16,18,25,30H,4,13-14H2,1-3H3,(H,29,32)/b6-5+,17-15+/t18-,25+/m1/s1. The zero-order valence-corrected chi connectivity index (χ0v) is 19.8. The molecule has 0 aliphatic carbocycles. The topological polar surface area (TPSA) is 94.1 Å². The summed E-state index contributed by atoms with van der Waals surface area (Å²) in [5.74, 6) is -2.01. The van der Waals surface area contributed by atoms with Gasteiger partial charge in [-0.1, -0.05) is 31.2 Å². The smallest absolute Gasteiger partial charge is 0.412 e. The number of rotatable bonds is 11. The summed E-state index contributed by atoms with van der Waals surface area (Å²) in [6.07, 6.45) is 3.09. The highest BCUT2D eigenvalue weighted by Crippen LogP contribution is 2.30. The highest BCUT2D eigenvalue weighted by Gasteiger charge is 2.23. The van der Waals surface area contributed by atoms with Crippen LogP contribution in [0.15, 0.2) is 66.3 Å². The fourth-order valence-corrected chi connectivity index (χ4v) is 3.06. The molecule has 0 aliphatic rings. The fraction of sp³-hybridized carbons (Fsp3) is 0.308. The van der Waals surface area contributed by atoms with Gasteiger partial charge in [0.2, 0.25) is 0 Å². The average Bonchev–Trinajstić information content (AvgIpc) is 2.82. The number of aliphatic hydroxyl groups is 1. The Labute approximate surface area is 203 Å². The van der Waals surface area contributed by atoms with Crippen molar-refractivity contribution in [3.63, 3.8) is 0 Å². The van der Waals surface area contributed by atoms with Crippen molar-refractivity contribution in [2.45, 2.75) is 26.9 Å². The van der Waals surface area contributed by atoms with Gasteiger partial charge >= 0.3 is 12.1 Å². The fourth-order valence-electron chi connectivity index (χ4n) is 3.06. The zero-order valence-electron chi connectivity index (χ0n) is 19.8. The lowest BCUT2D eigenvalue weighted by Crippen LogP contribution is -2.21. The summed E-state index contributed by atoms with van der Waals surface area (Å²) < 4.78 is 43.0. The molecule has 2 atom stereocenters. The molecule has 7 nitrogen and oxygen atoms in total. The lowest BCUT2D eigenvalue weighted by Gasteiger charge is -2.23. The summed E-state index contributed by atoms with van der Waals surface area (Å²) >= 11 is 0. The molecule has 0 bridgehead atoms. The molecule has 0 unspecified atom stereocenters. The number of ether oxygens (including phenoxy) is 3. The van der Waals surface area contributed by atoms with E-state index in [1.807, 2.05) is 0 Å². The van der Waals surface area contributed by atoms with E-state index in [2.05, 4.69) is 5.32 Å². The Kier molecular flexibility index (Phi) is 10.9. The largest absolute Gasteiger partial charge is 0.491 e. The first-order chi connectivity index (χ1) is 16.7. The number of nitrogens with one attached hydrogen (secondary N) is 1. The van der Waals surface area contributed by atoms with Gasteiger partial charge in [0.25, 0.3) is 0 Å². The molecule has 0 aromatic heterocycles. The van der Waals surface area contributed by atoms with Crippen molar-refractivity contribution in [3.05, 3.63) is 83.5 Å². The molecular weight excluding hydrogens is 460 g/mol. The van der Waals surface area contributed by atoms with Gasteiger partial charge in [0.05, 0.1) is 18.9 Å². The van der Waals surface area contributed by atoms with Crippen LogP contribution in [0.25, 0.3) is 0 Å². The van der Waals surface area contributed by atoms with Crippen molar-refractivity contribution < 1.29 is 37.7 Å². The first-order valence-electron chi connectivity index (χ1n) is 11.0. The summed E-state index contributed by atoms with van der Waals surface area (Å²) in [4.78, 5) is 24.2. The first-order valence-corrected chi connectivity index (χ1v) is 11.0. The lowest BCUT2D eigenvalue weighted by atomic mass is 9.96. The van der Waals surface area contributed by atoms with Crippen molar-refractivity contribution in [2.75, 3.05) is 25.1 Å². The molecule has 2 rings (SSSR count). The van der Waals surface area contributed by atoms with Crippen molar-refractivity contribution in [3.8, 4) is 5.75 Å². The molecule has 0 saturated heterocycles. The van der Waals surface area contributed by atoms with E-state index in [1.165, 1.54) is 6.08 Å². The lowest BCUT2D eigenvalue weighted by molar-refractivity contribution is -0.137. The molecule has 35 heavy (non-hydrogen) atoms.